The highest BCUT2D eigenvalue weighted by Crippen LogP contribution is 2.50. The van der Waals surface area contributed by atoms with E-state index in [0.29, 0.717) is 40.5 Å². The van der Waals surface area contributed by atoms with E-state index in [1.54, 1.807) is 33.5 Å². The molecule has 0 aromatic heterocycles. The zero-order valence-electron chi connectivity index (χ0n) is 20.1. The summed E-state index contributed by atoms with van der Waals surface area (Å²) in [7, 11) is 4.67. The molecule has 10 heteroatoms. The number of methoxy groups -OCH3 is 3. The van der Waals surface area contributed by atoms with Crippen LogP contribution in [0.2, 0.25) is 0 Å². The van der Waals surface area contributed by atoms with E-state index in [1.807, 2.05) is 18.4 Å². The van der Waals surface area contributed by atoms with Crippen LogP contribution in [0.4, 0.5) is 0 Å². The fourth-order valence-corrected chi connectivity index (χ4v) is 5.26. The number of ether oxygens (including phenoxy) is 4. The minimum Gasteiger partial charge on any atom is -0.493 e. The van der Waals surface area contributed by atoms with Gasteiger partial charge >= 0.3 is 0 Å². The Morgan fingerprint density at radius 1 is 1.03 bits per heavy atom. The van der Waals surface area contributed by atoms with Crippen LogP contribution in [-0.4, -0.2) is 74.1 Å². The number of aliphatic hydroxyl groups excluding tert-OH is 3. The Morgan fingerprint density at radius 3 is 2.43 bits per heavy atom. The Kier molecular flexibility index (Phi) is 7.89. The predicted octanol–water partition coefficient (Wildman–Crippen LogP) is 1.48. The lowest BCUT2D eigenvalue weighted by molar-refractivity contribution is -0.197. The summed E-state index contributed by atoms with van der Waals surface area (Å²) in [6, 6.07) is 6.79. The van der Waals surface area contributed by atoms with Gasteiger partial charge in [0.2, 0.25) is 5.75 Å². The van der Waals surface area contributed by atoms with Gasteiger partial charge in [-0.15, -0.1) is 11.8 Å². The number of aryl methyl sites for hydroxylation is 1. The average Bonchev–Trinajstić information content (AvgIpc) is 3.11. The van der Waals surface area contributed by atoms with E-state index in [9.17, 15) is 20.1 Å². The van der Waals surface area contributed by atoms with Crippen molar-refractivity contribution in [1.82, 2.24) is 5.32 Å². The second kappa shape index (κ2) is 10.7. The van der Waals surface area contributed by atoms with Crippen LogP contribution < -0.4 is 25.0 Å². The second-order valence-corrected chi connectivity index (χ2v) is 9.37. The summed E-state index contributed by atoms with van der Waals surface area (Å²) in [4.78, 5) is 13.6. The van der Waals surface area contributed by atoms with Gasteiger partial charge in [-0.2, -0.15) is 0 Å². The predicted molar refractivity (Wildman–Crippen MR) is 132 cm³/mol. The Bertz CT molecular complexity index is 1140. The minimum absolute atomic E-state index is 0.121. The molecule has 2 aromatic carbocycles. The van der Waals surface area contributed by atoms with Gasteiger partial charge in [-0.05, 0) is 54.0 Å². The fourth-order valence-electron chi connectivity index (χ4n) is 4.79. The lowest BCUT2D eigenvalue weighted by Gasteiger charge is -2.37. The average molecular weight is 506 g/mol. The van der Waals surface area contributed by atoms with Gasteiger partial charge in [0.05, 0.1) is 32.8 Å². The molecule has 4 N–H and O–H groups in total. The van der Waals surface area contributed by atoms with Crippen molar-refractivity contribution in [2.45, 2.75) is 48.3 Å². The molecular formula is C25H31NO8S. The fraction of sp³-hybridized carbons (Fsp3) is 0.480. The molecule has 2 aromatic rings. The molecule has 0 saturated carbocycles. The molecule has 4 rings (SSSR count). The maximum atomic E-state index is 13.0. The van der Waals surface area contributed by atoms with Crippen LogP contribution in [0.15, 0.2) is 34.0 Å². The standard InChI is InChI=1S/C25H31NO8S/c1-31-18-9-12-5-7-15(26-25-22(30)21(29)17(28)11-34-25)14-10-16(27)19(35-4)8-6-13(14)20(12)24(33-3)23(18)32-2/h6,8-10,15,17,21-22,25-26,28-30H,5,7,11H2,1-4H3/t15-,17+,21+,22+,25+/m0/s1. The van der Waals surface area contributed by atoms with Crippen LogP contribution in [-0.2, 0) is 11.2 Å². The first kappa shape index (κ1) is 25.7. The third kappa shape index (κ3) is 4.74. The van der Waals surface area contributed by atoms with Crippen molar-refractivity contribution in [2.24, 2.45) is 0 Å². The van der Waals surface area contributed by atoms with Crippen LogP contribution in [0.1, 0.15) is 23.6 Å². The summed E-state index contributed by atoms with van der Waals surface area (Å²) in [6.45, 7) is -0.121. The Labute approximate surface area is 208 Å². The zero-order chi connectivity index (χ0) is 25.3. The van der Waals surface area contributed by atoms with Crippen LogP contribution in [0.25, 0.3) is 11.1 Å². The van der Waals surface area contributed by atoms with Gasteiger partial charge in [-0.3, -0.25) is 10.1 Å². The number of fused-ring (bicyclic) bond motifs is 3. The first-order chi connectivity index (χ1) is 16.8. The van der Waals surface area contributed by atoms with E-state index in [1.165, 1.54) is 11.8 Å². The molecule has 0 unspecified atom stereocenters. The Balaban J connectivity index is 1.90. The van der Waals surface area contributed by atoms with E-state index in [2.05, 4.69) is 5.32 Å². The van der Waals surface area contributed by atoms with Gasteiger partial charge in [0.15, 0.2) is 16.9 Å². The Hall–Kier alpha value is -2.34. The first-order valence-corrected chi connectivity index (χ1v) is 12.5. The van der Waals surface area contributed by atoms with Crippen molar-refractivity contribution in [3.8, 4) is 28.4 Å². The van der Waals surface area contributed by atoms with Crippen molar-refractivity contribution in [1.29, 1.82) is 0 Å². The molecule has 35 heavy (non-hydrogen) atoms. The highest BCUT2D eigenvalue weighted by Gasteiger charge is 2.39. The highest BCUT2D eigenvalue weighted by atomic mass is 32.2. The number of benzene rings is 1. The summed E-state index contributed by atoms with van der Waals surface area (Å²) in [5, 5.41) is 33.8. The third-order valence-corrected chi connectivity index (χ3v) is 7.36. The van der Waals surface area contributed by atoms with Crippen LogP contribution in [0.5, 0.6) is 17.2 Å². The molecule has 5 atom stereocenters. The first-order valence-electron chi connectivity index (χ1n) is 11.3. The topological polar surface area (TPSA) is 127 Å². The summed E-state index contributed by atoms with van der Waals surface area (Å²) >= 11 is 1.36. The van der Waals surface area contributed by atoms with Gasteiger partial charge in [0.25, 0.3) is 0 Å². The quantitative estimate of drug-likeness (QED) is 0.429. The number of aliphatic hydroxyl groups is 3. The zero-order valence-corrected chi connectivity index (χ0v) is 20.9. The van der Waals surface area contributed by atoms with E-state index < -0.39 is 30.6 Å². The number of nitrogens with one attached hydrogen (secondary N) is 1. The monoisotopic (exact) mass is 505 g/mol. The maximum Gasteiger partial charge on any atom is 0.203 e. The van der Waals surface area contributed by atoms with E-state index >= 15 is 0 Å². The van der Waals surface area contributed by atoms with E-state index in [0.717, 1.165) is 16.7 Å². The van der Waals surface area contributed by atoms with Gasteiger partial charge in [-0.25, -0.2) is 0 Å². The molecule has 2 aliphatic rings. The van der Waals surface area contributed by atoms with Crippen LogP contribution >= 0.6 is 11.8 Å². The second-order valence-electron chi connectivity index (χ2n) is 8.52. The number of rotatable bonds is 6. The van der Waals surface area contributed by atoms with E-state index in [-0.39, 0.29) is 12.0 Å². The molecule has 1 fully saturated rings. The summed E-state index contributed by atoms with van der Waals surface area (Å²) < 4.78 is 22.6. The van der Waals surface area contributed by atoms with Crippen LogP contribution in [0.3, 0.4) is 0 Å². The molecule has 190 valence electrons. The number of hydrogen-bond donors (Lipinski definition) is 4. The molecule has 1 aliphatic carbocycles. The molecule has 1 aliphatic heterocycles. The van der Waals surface area contributed by atoms with Crippen LogP contribution in [0, 0.1) is 0 Å². The number of hydrogen-bond acceptors (Lipinski definition) is 10. The third-order valence-electron chi connectivity index (χ3n) is 6.59. The Morgan fingerprint density at radius 2 is 1.77 bits per heavy atom. The van der Waals surface area contributed by atoms with Crippen molar-refractivity contribution in [3.05, 3.63) is 45.6 Å². The molecule has 9 nitrogen and oxygen atoms in total. The van der Waals surface area contributed by atoms with Crippen molar-refractivity contribution in [3.63, 3.8) is 0 Å². The van der Waals surface area contributed by atoms with Gasteiger partial charge < -0.3 is 34.3 Å². The SMILES string of the molecule is COc1cc2c(c(OC)c1OC)-c1ccc(SC)c(=O)cc1[C@@H](N[C@@H]1OC[C@@H](O)[C@@H](O)[C@H]1O)CC2. The lowest BCUT2D eigenvalue weighted by atomic mass is 9.95. The van der Waals surface area contributed by atoms with Crippen molar-refractivity contribution in [2.75, 3.05) is 34.2 Å². The van der Waals surface area contributed by atoms with Gasteiger partial charge in [-0.1, -0.05) is 6.07 Å². The maximum absolute atomic E-state index is 13.0. The molecule has 0 amide bonds. The molecule has 0 radical (unpaired) electrons. The molecule has 0 bridgehead atoms. The smallest absolute Gasteiger partial charge is 0.203 e. The summed E-state index contributed by atoms with van der Waals surface area (Å²) in [5.74, 6) is 1.49. The largest absolute Gasteiger partial charge is 0.493 e. The van der Waals surface area contributed by atoms with E-state index in [4.69, 9.17) is 18.9 Å². The van der Waals surface area contributed by atoms with Gasteiger partial charge in [0, 0.05) is 11.6 Å². The summed E-state index contributed by atoms with van der Waals surface area (Å²) in [6.07, 6.45) is -1.79. The normalized spacial score (nSPS) is 25.7. The lowest BCUT2D eigenvalue weighted by Crippen LogP contribution is -2.58. The van der Waals surface area contributed by atoms with Crippen molar-refractivity contribution < 1.29 is 34.3 Å². The molecule has 1 heterocycles. The van der Waals surface area contributed by atoms with Gasteiger partial charge in [0.1, 0.15) is 24.5 Å². The molecule has 0 spiro atoms. The highest BCUT2D eigenvalue weighted by molar-refractivity contribution is 7.98. The van der Waals surface area contributed by atoms with Crippen molar-refractivity contribution >= 4 is 11.8 Å². The molecular weight excluding hydrogens is 474 g/mol. The minimum atomic E-state index is -1.35. The summed E-state index contributed by atoms with van der Waals surface area (Å²) in [5.41, 5.74) is 3.10. The molecule has 1 saturated heterocycles. The number of thioether (sulfide) groups is 1.